The van der Waals surface area contributed by atoms with Gasteiger partial charge < -0.3 is 18.3 Å². The molecule has 0 aliphatic carbocycles. The van der Waals surface area contributed by atoms with Gasteiger partial charge in [0.05, 0.1) is 113 Å². The lowest BCUT2D eigenvalue weighted by Crippen LogP contribution is -2.11. The Morgan fingerprint density at radius 2 is 0.500 bits per heavy atom. The molecule has 0 N–H and O–H groups in total. The number of pyridine rings is 1. The van der Waals surface area contributed by atoms with E-state index in [1.165, 1.54) is 0 Å². The summed E-state index contributed by atoms with van der Waals surface area (Å²) in [6, 6.07) is 127. The summed E-state index contributed by atoms with van der Waals surface area (Å²) < 4.78 is 9.29. The van der Waals surface area contributed by atoms with Crippen molar-refractivity contribution in [3.63, 3.8) is 0 Å². The molecule has 0 saturated heterocycles. The minimum absolute atomic E-state index is 0.491. The van der Waals surface area contributed by atoms with Crippen molar-refractivity contribution in [2.24, 2.45) is 0 Å². The highest BCUT2D eigenvalue weighted by Gasteiger charge is 2.32. The van der Waals surface area contributed by atoms with Crippen LogP contribution in [-0.2, 0) is 0 Å². The van der Waals surface area contributed by atoms with E-state index in [-0.39, 0.29) is 0 Å². The molecule has 9 heteroatoms. The van der Waals surface area contributed by atoms with Gasteiger partial charge in [-0.15, -0.1) is 0 Å². The van der Waals surface area contributed by atoms with E-state index in [0.29, 0.717) is 33.6 Å². The molecule has 0 aliphatic heterocycles. The van der Waals surface area contributed by atoms with Crippen LogP contribution < -0.4 is 0 Å². The van der Waals surface area contributed by atoms with Gasteiger partial charge in [-0.05, 0) is 185 Å². The zero-order chi connectivity index (χ0) is 73.8. The number of fused-ring (bicyclic) bond motifs is 12. The quantitative estimate of drug-likeness (QED) is 0.127. The Balaban J connectivity index is 0.964. The fourth-order valence-electron chi connectivity index (χ4n) is 17.2. The first-order valence-corrected chi connectivity index (χ1v) is 36.7. The average Bonchev–Trinajstić information content (AvgIpc) is 1.47. The second-order valence-corrected chi connectivity index (χ2v) is 28.3. The highest BCUT2D eigenvalue weighted by molar-refractivity contribution is 6.18. The molecule has 0 unspecified atom stereocenters. The summed E-state index contributed by atoms with van der Waals surface area (Å²) in [7, 11) is 0. The van der Waals surface area contributed by atoms with Crippen molar-refractivity contribution in [1.29, 1.82) is 21.0 Å². The van der Waals surface area contributed by atoms with Crippen LogP contribution in [0.4, 0.5) is 0 Å². The number of aromatic nitrogens is 5. The third kappa shape index (κ3) is 10.2. The summed E-state index contributed by atoms with van der Waals surface area (Å²) in [4.78, 5) is 6.42. The van der Waals surface area contributed by atoms with Crippen LogP contribution in [-0.4, -0.2) is 23.3 Å². The third-order valence-corrected chi connectivity index (χ3v) is 22.0. The maximum atomic E-state index is 10.7. The minimum atomic E-state index is 0.491. The van der Waals surface area contributed by atoms with Gasteiger partial charge in [-0.3, -0.25) is 0 Å². The zero-order valence-corrected chi connectivity index (χ0v) is 59.8. The first-order chi connectivity index (χ1) is 54.2. The summed E-state index contributed by atoms with van der Waals surface area (Å²) in [6.45, 7) is 4.37. The number of hydrogen-bond acceptors (Lipinski definition) is 5. The van der Waals surface area contributed by atoms with E-state index in [9.17, 15) is 21.0 Å². The molecule has 510 valence electrons. The predicted octanol–water partition coefficient (Wildman–Crippen LogP) is 25.2. The molecule has 0 radical (unpaired) electrons. The predicted molar refractivity (Wildman–Crippen MR) is 448 cm³/mol. The van der Waals surface area contributed by atoms with Gasteiger partial charge in [0.25, 0.3) is 0 Å². The molecular formula is C101H61N9. The molecule has 0 fully saturated rings. The number of benzene rings is 15. The number of nitriles is 4. The van der Waals surface area contributed by atoms with Crippen molar-refractivity contribution in [1.82, 2.24) is 23.3 Å². The van der Waals surface area contributed by atoms with Gasteiger partial charge in [0, 0.05) is 71.2 Å². The Hall–Kier alpha value is -15.4. The van der Waals surface area contributed by atoms with Crippen LogP contribution in [0.15, 0.2) is 334 Å². The van der Waals surface area contributed by atoms with Gasteiger partial charge in [0.15, 0.2) is 0 Å². The molecule has 110 heavy (non-hydrogen) atoms. The lowest BCUT2D eigenvalue weighted by molar-refractivity contribution is 1.10. The van der Waals surface area contributed by atoms with Crippen molar-refractivity contribution in [2.75, 3.05) is 0 Å². The number of rotatable bonds is 11. The van der Waals surface area contributed by atoms with Crippen LogP contribution in [0.3, 0.4) is 0 Å². The first-order valence-electron chi connectivity index (χ1n) is 36.7. The van der Waals surface area contributed by atoms with Crippen LogP contribution >= 0.6 is 0 Å². The second kappa shape index (κ2) is 25.7. The van der Waals surface area contributed by atoms with E-state index < -0.39 is 0 Å². The van der Waals surface area contributed by atoms with E-state index in [0.717, 1.165) is 188 Å². The monoisotopic (exact) mass is 1400 g/mol. The minimum Gasteiger partial charge on any atom is -0.309 e. The van der Waals surface area contributed by atoms with Gasteiger partial charge in [-0.25, -0.2) is 4.98 Å². The lowest BCUT2D eigenvalue weighted by atomic mass is 9.92. The molecule has 0 atom stereocenters. The SMILES string of the molecule is Cc1cc(C)cc(-c2c(-n3c4ccc(-c5ccccc5)cc4c4cc(-c5ccccc5)ccc43)c(-c3ccc(-n4c5cccc(C#N)c5c5c(C#N)cccc54)cc3)nc(-c3ccc(-n4c5cccc(C#N)c5c5c(C#N)cccc54)cc3)c2-n2c3ccc(-c4ccccc4)cc3c3cc(-c4ccccc4)ccc32)c1. The van der Waals surface area contributed by atoms with Crippen LogP contribution in [0.5, 0.6) is 0 Å². The lowest BCUT2D eigenvalue weighted by Gasteiger charge is -2.26. The molecule has 15 aromatic carbocycles. The average molecular weight is 1400 g/mol. The Morgan fingerprint density at radius 1 is 0.227 bits per heavy atom. The summed E-state index contributed by atoms with van der Waals surface area (Å²) >= 11 is 0. The van der Waals surface area contributed by atoms with Gasteiger partial charge in [0.1, 0.15) is 0 Å². The Kier molecular flexibility index (Phi) is 15.0. The van der Waals surface area contributed by atoms with Crippen LogP contribution in [0.2, 0.25) is 0 Å². The van der Waals surface area contributed by atoms with Gasteiger partial charge in [-0.1, -0.05) is 223 Å². The van der Waals surface area contributed by atoms with E-state index in [1.807, 2.05) is 72.8 Å². The molecule has 0 spiro atoms. The van der Waals surface area contributed by atoms with Crippen LogP contribution in [0, 0.1) is 59.2 Å². The van der Waals surface area contributed by atoms with Crippen molar-refractivity contribution in [3.05, 3.63) is 367 Å². The summed E-state index contributed by atoms with van der Waals surface area (Å²) in [5, 5.41) is 50.0. The van der Waals surface area contributed by atoms with Crippen LogP contribution in [0.25, 0.3) is 188 Å². The van der Waals surface area contributed by atoms with Crippen molar-refractivity contribution < 1.29 is 0 Å². The molecule has 20 aromatic rings. The fraction of sp³-hybridized carbons (Fsp3) is 0.0198. The fourth-order valence-corrected chi connectivity index (χ4v) is 17.2. The van der Waals surface area contributed by atoms with Crippen LogP contribution in [0.1, 0.15) is 33.4 Å². The molecular weight excluding hydrogens is 1340 g/mol. The van der Waals surface area contributed by atoms with E-state index in [1.54, 1.807) is 0 Å². The Labute approximate surface area is 633 Å². The zero-order valence-electron chi connectivity index (χ0n) is 59.8. The first kappa shape index (κ1) is 64.2. The van der Waals surface area contributed by atoms with Crippen molar-refractivity contribution >= 4 is 87.2 Å². The normalized spacial score (nSPS) is 11.5. The molecule has 9 nitrogen and oxygen atoms in total. The van der Waals surface area contributed by atoms with Gasteiger partial charge >= 0.3 is 0 Å². The standard InChI is InChI=1S/C101H61N9/c1-62-51-63(2)53-78(52-62)97-100(109-85-47-39-70(64-19-7-3-8-20-64)54-81(85)82-55-71(40-48-86(82)109)65-21-9-4-10-22-65)98(68-35-43-79(44-36-68)107-89-31-15-27-74(58-102)93(89)94-75(59-103)28-16-32-90(94)107)106-99(69-37-45-80(46-38-69)108-91-33-17-29-76(60-104)95(91)96-77(61-105)30-18-34-92(96)108)101(97)110-87-49-41-72(66-23-11-5-12-24-66)56-83(87)84-57-73(42-50-88(84)110)67-25-13-6-14-26-67/h3-57H,1-2H3. The van der Waals surface area contributed by atoms with E-state index in [2.05, 4.69) is 317 Å². The summed E-state index contributed by atoms with van der Waals surface area (Å²) in [5.74, 6) is 0. The summed E-state index contributed by atoms with van der Waals surface area (Å²) in [5.41, 5.74) is 28.5. The topological polar surface area (TPSA) is 128 Å². The smallest absolute Gasteiger partial charge is 0.0999 e. The van der Waals surface area contributed by atoms with Crippen molar-refractivity contribution in [3.8, 4) is 125 Å². The second-order valence-electron chi connectivity index (χ2n) is 28.3. The molecule has 5 heterocycles. The van der Waals surface area contributed by atoms with Crippen molar-refractivity contribution in [2.45, 2.75) is 13.8 Å². The number of aryl methyl sites for hydroxylation is 2. The van der Waals surface area contributed by atoms with E-state index >= 15 is 0 Å². The molecule has 0 saturated carbocycles. The molecule has 20 rings (SSSR count). The number of nitrogens with zero attached hydrogens (tertiary/aromatic N) is 9. The van der Waals surface area contributed by atoms with Gasteiger partial charge in [0.2, 0.25) is 0 Å². The highest BCUT2D eigenvalue weighted by atomic mass is 15.1. The maximum absolute atomic E-state index is 10.7. The van der Waals surface area contributed by atoms with Gasteiger partial charge in [-0.2, -0.15) is 21.0 Å². The van der Waals surface area contributed by atoms with E-state index in [4.69, 9.17) is 4.98 Å². The highest BCUT2D eigenvalue weighted by Crippen LogP contribution is 2.51. The Bertz CT molecular complexity index is 6640. The Morgan fingerprint density at radius 3 is 0.773 bits per heavy atom. The molecule has 0 aliphatic rings. The summed E-state index contributed by atoms with van der Waals surface area (Å²) in [6.07, 6.45) is 0. The number of hydrogen-bond donors (Lipinski definition) is 0. The maximum Gasteiger partial charge on any atom is 0.0999 e. The largest absolute Gasteiger partial charge is 0.309 e. The molecule has 0 amide bonds. The molecule has 0 bridgehead atoms. The molecule has 5 aromatic heterocycles. The third-order valence-electron chi connectivity index (χ3n) is 22.0.